The molecule has 0 aromatic rings. The summed E-state index contributed by atoms with van der Waals surface area (Å²) >= 11 is 0. The van der Waals surface area contributed by atoms with E-state index in [0.29, 0.717) is 11.8 Å². The monoisotopic (exact) mass is 249 g/mol. The molecule has 1 aliphatic heterocycles. The highest BCUT2D eigenvalue weighted by atomic mass is 16.3. The van der Waals surface area contributed by atoms with Crippen molar-refractivity contribution in [1.29, 1.82) is 0 Å². The second-order valence-corrected chi connectivity index (χ2v) is 6.88. The lowest BCUT2D eigenvalue weighted by Gasteiger charge is -2.35. The van der Waals surface area contributed by atoms with E-state index in [9.17, 15) is 9.90 Å². The van der Waals surface area contributed by atoms with E-state index in [1.807, 2.05) is 4.90 Å². The molecule has 3 aliphatic carbocycles. The molecule has 18 heavy (non-hydrogen) atoms. The van der Waals surface area contributed by atoms with Crippen LogP contribution in [0, 0.1) is 29.6 Å². The maximum Gasteiger partial charge on any atom is 0.226 e. The molecule has 3 heteroatoms. The van der Waals surface area contributed by atoms with Crippen LogP contribution in [0.15, 0.2) is 0 Å². The first-order valence-electron chi connectivity index (χ1n) is 7.72. The second-order valence-electron chi connectivity index (χ2n) is 6.88. The summed E-state index contributed by atoms with van der Waals surface area (Å²) in [7, 11) is 0. The summed E-state index contributed by atoms with van der Waals surface area (Å²) in [4.78, 5) is 14.7. The summed E-state index contributed by atoms with van der Waals surface area (Å²) < 4.78 is 0. The van der Waals surface area contributed by atoms with Gasteiger partial charge in [0, 0.05) is 12.5 Å². The van der Waals surface area contributed by atoms with Crippen LogP contribution in [-0.2, 0) is 4.79 Å². The molecule has 0 aromatic carbocycles. The fraction of sp³-hybridized carbons (Fsp3) is 0.933. The number of fused-ring (bicyclic) bond motifs is 5. The number of likely N-dealkylation sites (tertiary alicyclic amines) is 1. The Hall–Kier alpha value is -0.570. The third-order valence-electron chi connectivity index (χ3n) is 6.14. The van der Waals surface area contributed by atoms with Crippen LogP contribution in [0.4, 0.5) is 0 Å². The molecule has 5 atom stereocenters. The number of hydrogen-bond acceptors (Lipinski definition) is 2. The summed E-state index contributed by atoms with van der Waals surface area (Å²) in [5.41, 5.74) is 0. The van der Waals surface area contributed by atoms with Crippen molar-refractivity contribution in [1.82, 2.24) is 4.90 Å². The van der Waals surface area contributed by atoms with Gasteiger partial charge in [0.05, 0.1) is 12.6 Å². The van der Waals surface area contributed by atoms with Gasteiger partial charge in [0.1, 0.15) is 0 Å². The normalized spacial score (nSPS) is 49.3. The van der Waals surface area contributed by atoms with E-state index in [-0.39, 0.29) is 12.6 Å². The largest absolute Gasteiger partial charge is 0.394 e. The van der Waals surface area contributed by atoms with Gasteiger partial charge in [-0.25, -0.2) is 0 Å². The quantitative estimate of drug-likeness (QED) is 0.808. The number of carbonyl (C=O) groups excluding carboxylic acids is 1. The van der Waals surface area contributed by atoms with Gasteiger partial charge < -0.3 is 10.0 Å². The number of hydrogen-bond donors (Lipinski definition) is 1. The Balaban J connectivity index is 1.48. The molecule has 2 bridgehead atoms. The molecule has 4 rings (SSSR count). The molecule has 4 aliphatic rings. The highest BCUT2D eigenvalue weighted by molar-refractivity contribution is 5.83. The van der Waals surface area contributed by atoms with Crippen molar-refractivity contribution in [2.24, 2.45) is 29.6 Å². The van der Waals surface area contributed by atoms with E-state index in [1.165, 1.54) is 19.3 Å². The van der Waals surface area contributed by atoms with Crippen LogP contribution in [0.1, 0.15) is 38.5 Å². The van der Waals surface area contributed by atoms with Crippen LogP contribution >= 0.6 is 0 Å². The topological polar surface area (TPSA) is 40.5 Å². The highest BCUT2D eigenvalue weighted by Crippen LogP contribution is 2.69. The van der Waals surface area contributed by atoms with Crippen LogP contribution in [0.25, 0.3) is 0 Å². The highest BCUT2D eigenvalue weighted by Gasteiger charge is 2.68. The van der Waals surface area contributed by atoms with Gasteiger partial charge in [0.25, 0.3) is 0 Å². The Bertz CT molecular complexity index is 354. The van der Waals surface area contributed by atoms with Crippen molar-refractivity contribution in [2.75, 3.05) is 13.2 Å². The zero-order valence-electron chi connectivity index (χ0n) is 10.9. The molecule has 1 N–H and O–H groups in total. The first-order valence-corrected chi connectivity index (χ1v) is 7.72. The van der Waals surface area contributed by atoms with E-state index >= 15 is 0 Å². The summed E-state index contributed by atoms with van der Waals surface area (Å²) in [5, 5.41) is 9.44. The summed E-state index contributed by atoms with van der Waals surface area (Å²) in [6.45, 7) is 1.04. The van der Waals surface area contributed by atoms with Gasteiger partial charge in [-0.05, 0) is 62.2 Å². The number of nitrogens with zero attached hydrogens (tertiary/aromatic N) is 1. The van der Waals surface area contributed by atoms with Gasteiger partial charge in [0.2, 0.25) is 5.91 Å². The number of aliphatic hydroxyl groups is 1. The molecule has 1 saturated heterocycles. The van der Waals surface area contributed by atoms with Crippen molar-refractivity contribution < 1.29 is 9.90 Å². The van der Waals surface area contributed by atoms with Crippen LogP contribution in [0.2, 0.25) is 0 Å². The first-order chi connectivity index (χ1) is 8.81. The van der Waals surface area contributed by atoms with Gasteiger partial charge in [-0.3, -0.25) is 4.79 Å². The second kappa shape index (κ2) is 3.96. The number of amides is 1. The molecule has 0 aromatic heterocycles. The maximum atomic E-state index is 12.7. The molecule has 1 amide bonds. The fourth-order valence-electron chi connectivity index (χ4n) is 5.33. The van der Waals surface area contributed by atoms with Crippen molar-refractivity contribution in [2.45, 2.75) is 44.6 Å². The van der Waals surface area contributed by atoms with Gasteiger partial charge in [-0.2, -0.15) is 0 Å². The van der Waals surface area contributed by atoms with Crippen LogP contribution in [0.3, 0.4) is 0 Å². The van der Waals surface area contributed by atoms with E-state index in [2.05, 4.69) is 0 Å². The third-order valence-corrected chi connectivity index (χ3v) is 6.14. The summed E-state index contributed by atoms with van der Waals surface area (Å²) in [5.74, 6) is 3.94. The Labute approximate surface area is 109 Å². The fourth-order valence-corrected chi connectivity index (χ4v) is 5.33. The zero-order valence-corrected chi connectivity index (χ0v) is 10.9. The van der Waals surface area contributed by atoms with Crippen LogP contribution < -0.4 is 0 Å². The number of aliphatic hydroxyl groups excluding tert-OH is 1. The molecular weight excluding hydrogens is 226 g/mol. The SMILES string of the molecule is O=C(C1C2C3CCC(C3)C12)N1CCCCC1CO. The summed E-state index contributed by atoms with van der Waals surface area (Å²) in [6, 6.07) is 0.116. The van der Waals surface area contributed by atoms with E-state index in [0.717, 1.165) is 49.5 Å². The molecule has 100 valence electrons. The van der Waals surface area contributed by atoms with E-state index in [1.54, 1.807) is 0 Å². The van der Waals surface area contributed by atoms with E-state index < -0.39 is 0 Å². The minimum atomic E-state index is 0.116. The average Bonchev–Trinajstić information content (AvgIpc) is 2.85. The Morgan fingerprint density at radius 1 is 1.11 bits per heavy atom. The van der Waals surface area contributed by atoms with Crippen LogP contribution in [0.5, 0.6) is 0 Å². The van der Waals surface area contributed by atoms with Crippen molar-refractivity contribution in [3.8, 4) is 0 Å². The Morgan fingerprint density at radius 2 is 1.83 bits per heavy atom. The minimum absolute atomic E-state index is 0.116. The predicted octanol–water partition coefficient (Wildman–Crippen LogP) is 1.65. The van der Waals surface area contributed by atoms with Gasteiger partial charge in [-0.15, -0.1) is 0 Å². The predicted molar refractivity (Wildman–Crippen MR) is 67.7 cm³/mol. The average molecular weight is 249 g/mol. The lowest BCUT2D eigenvalue weighted by molar-refractivity contribution is -0.138. The lowest BCUT2D eigenvalue weighted by Crippen LogP contribution is -2.47. The Morgan fingerprint density at radius 3 is 2.50 bits per heavy atom. The molecule has 0 radical (unpaired) electrons. The van der Waals surface area contributed by atoms with Crippen molar-refractivity contribution in [3.05, 3.63) is 0 Å². The number of carbonyl (C=O) groups is 1. The van der Waals surface area contributed by atoms with Gasteiger partial charge in [-0.1, -0.05) is 0 Å². The van der Waals surface area contributed by atoms with Crippen LogP contribution in [-0.4, -0.2) is 35.1 Å². The van der Waals surface area contributed by atoms with Crippen molar-refractivity contribution >= 4 is 5.91 Å². The number of rotatable bonds is 2. The zero-order chi connectivity index (χ0) is 12.3. The number of piperidine rings is 1. The minimum Gasteiger partial charge on any atom is -0.394 e. The van der Waals surface area contributed by atoms with Gasteiger partial charge in [0.15, 0.2) is 0 Å². The third kappa shape index (κ3) is 1.43. The molecule has 0 spiro atoms. The lowest BCUT2D eigenvalue weighted by atomic mass is 9.98. The molecular formula is C15H23NO2. The van der Waals surface area contributed by atoms with Crippen molar-refractivity contribution in [3.63, 3.8) is 0 Å². The smallest absolute Gasteiger partial charge is 0.226 e. The van der Waals surface area contributed by atoms with Gasteiger partial charge >= 0.3 is 0 Å². The summed E-state index contributed by atoms with van der Waals surface area (Å²) in [6.07, 6.45) is 7.44. The maximum absolute atomic E-state index is 12.7. The molecule has 5 unspecified atom stereocenters. The molecule has 1 heterocycles. The molecule has 3 nitrogen and oxygen atoms in total. The Kier molecular flexibility index (Phi) is 2.48. The standard InChI is InChI=1S/C15H23NO2/c17-8-11-3-1-2-6-16(11)15(18)14-12-9-4-5-10(7-9)13(12)14/h9-14,17H,1-8H2. The first kappa shape index (κ1) is 11.3. The van der Waals surface area contributed by atoms with E-state index in [4.69, 9.17) is 0 Å². The molecule has 4 fully saturated rings. The molecule has 3 saturated carbocycles.